The quantitative estimate of drug-likeness (QED) is 0.276. The van der Waals surface area contributed by atoms with E-state index in [1.54, 1.807) is 54.1 Å². The number of amides is 1. The number of pyridine rings is 1. The number of hydrogen-bond acceptors (Lipinski definition) is 4. The Balaban J connectivity index is 1.63. The number of hydrogen-bond donors (Lipinski definition) is 2. The van der Waals surface area contributed by atoms with Gasteiger partial charge >= 0.3 is 5.97 Å². The lowest BCUT2D eigenvalue weighted by Gasteiger charge is -2.17. The summed E-state index contributed by atoms with van der Waals surface area (Å²) in [6.07, 6.45) is 2.14. The highest BCUT2D eigenvalue weighted by Crippen LogP contribution is 2.25. The molecule has 0 aliphatic rings. The summed E-state index contributed by atoms with van der Waals surface area (Å²) in [7, 11) is 1.54. The standard InChI is InChI=1S/C30H29FN2O5/c1-38-27-8-4-3-7-26(27)33-24(6-2-5-9-28(34)35)19-22-18-21(12-15-25(22)30(33)37)29(36)32-17-16-20-10-13-23(31)14-11-20/h3-4,7-8,10-15,18-19H,2,5-6,9,16-17H2,1H3,(H,32,36)(H,34,35). The summed E-state index contributed by atoms with van der Waals surface area (Å²) in [5.41, 5.74) is 2.38. The second-order valence-corrected chi connectivity index (χ2v) is 8.98. The van der Waals surface area contributed by atoms with Crippen LogP contribution in [0.5, 0.6) is 5.75 Å². The lowest BCUT2D eigenvalue weighted by molar-refractivity contribution is -0.137. The highest BCUT2D eigenvalue weighted by atomic mass is 19.1. The number of aromatic nitrogens is 1. The Morgan fingerprint density at radius 3 is 2.47 bits per heavy atom. The average molecular weight is 517 g/mol. The van der Waals surface area contributed by atoms with Crippen molar-refractivity contribution in [2.45, 2.75) is 32.1 Å². The molecule has 0 spiro atoms. The van der Waals surface area contributed by atoms with Crippen LogP contribution in [0.15, 0.2) is 77.6 Å². The highest BCUT2D eigenvalue weighted by molar-refractivity contribution is 5.98. The molecular formula is C30H29FN2O5. The van der Waals surface area contributed by atoms with Gasteiger partial charge in [-0.05, 0) is 85.2 Å². The van der Waals surface area contributed by atoms with Crippen molar-refractivity contribution in [3.63, 3.8) is 0 Å². The minimum absolute atomic E-state index is 0.0503. The Hall–Kier alpha value is -4.46. The number of benzene rings is 3. The second-order valence-electron chi connectivity index (χ2n) is 8.98. The topological polar surface area (TPSA) is 97.6 Å². The van der Waals surface area contributed by atoms with Gasteiger partial charge in [0.2, 0.25) is 0 Å². The van der Waals surface area contributed by atoms with Gasteiger partial charge in [-0.15, -0.1) is 0 Å². The van der Waals surface area contributed by atoms with E-state index in [0.717, 1.165) is 5.56 Å². The Kier molecular flexibility index (Phi) is 8.53. The van der Waals surface area contributed by atoms with Crippen LogP contribution in [0.2, 0.25) is 0 Å². The van der Waals surface area contributed by atoms with E-state index in [-0.39, 0.29) is 23.7 Å². The van der Waals surface area contributed by atoms with Crippen molar-refractivity contribution in [2.24, 2.45) is 0 Å². The van der Waals surface area contributed by atoms with E-state index in [1.807, 2.05) is 18.2 Å². The second kappa shape index (κ2) is 12.2. The van der Waals surface area contributed by atoms with E-state index in [9.17, 15) is 18.8 Å². The molecule has 1 amide bonds. The van der Waals surface area contributed by atoms with Crippen molar-refractivity contribution in [3.8, 4) is 11.4 Å². The zero-order valence-corrected chi connectivity index (χ0v) is 21.1. The van der Waals surface area contributed by atoms with Crippen molar-refractivity contribution < 1.29 is 23.8 Å². The Morgan fingerprint density at radius 1 is 0.974 bits per heavy atom. The number of methoxy groups -OCH3 is 1. The summed E-state index contributed by atoms with van der Waals surface area (Å²) < 4.78 is 20.2. The third-order valence-electron chi connectivity index (χ3n) is 6.37. The summed E-state index contributed by atoms with van der Waals surface area (Å²) in [4.78, 5) is 37.5. The van der Waals surface area contributed by atoms with Gasteiger partial charge in [-0.2, -0.15) is 0 Å². The first kappa shape index (κ1) is 26.6. The van der Waals surface area contributed by atoms with Crippen molar-refractivity contribution in [3.05, 3.63) is 106 Å². The van der Waals surface area contributed by atoms with E-state index >= 15 is 0 Å². The maximum absolute atomic E-state index is 13.7. The summed E-state index contributed by atoms with van der Waals surface area (Å²) >= 11 is 0. The van der Waals surface area contributed by atoms with E-state index in [1.165, 1.54) is 12.1 Å². The average Bonchev–Trinajstić information content (AvgIpc) is 2.92. The smallest absolute Gasteiger partial charge is 0.303 e. The minimum atomic E-state index is -0.860. The van der Waals surface area contributed by atoms with Gasteiger partial charge in [-0.25, -0.2) is 4.39 Å². The van der Waals surface area contributed by atoms with Crippen LogP contribution in [0.4, 0.5) is 4.39 Å². The number of carbonyl (C=O) groups excluding carboxylic acids is 1. The molecule has 4 aromatic rings. The molecule has 2 N–H and O–H groups in total. The number of nitrogens with zero attached hydrogens (tertiary/aromatic N) is 1. The molecule has 0 aliphatic heterocycles. The molecule has 38 heavy (non-hydrogen) atoms. The van der Waals surface area contributed by atoms with E-state index < -0.39 is 5.97 Å². The maximum Gasteiger partial charge on any atom is 0.303 e. The molecule has 8 heteroatoms. The number of rotatable bonds is 11. The molecule has 0 saturated heterocycles. The number of carboxylic acid groups (broad SMARTS) is 1. The number of para-hydroxylation sites is 2. The van der Waals surface area contributed by atoms with Gasteiger partial charge in [-0.1, -0.05) is 24.3 Å². The SMILES string of the molecule is COc1ccccc1-n1c(CCCCC(=O)O)cc2cc(C(=O)NCCc3ccc(F)cc3)ccc2c1=O. The molecule has 7 nitrogen and oxygen atoms in total. The molecule has 3 aromatic carbocycles. The van der Waals surface area contributed by atoms with Crippen LogP contribution in [0.25, 0.3) is 16.5 Å². The number of halogens is 1. The summed E-state index contributed by atoms with van der Waals surface area (Å²) in [6, 6.07) is 20.2. The van der Waals surface area contributed by atoms with Crippen LogP contribution in [0, 0.1) is 5.82 Å². The normalized spacial score (nSPS) is 10.9. The number of unbranched alkanes of at least 4 members (excludes halogenated alkanes) is 1. The number of aryl methyl sites for hydroxylation is 1. The molecule has 0 atom stereocenters. The number of carbonyl (C=O) groups is 2. The minimum Gasteiger partial charge on any atom is -0.495 e. The number of ether oxygens (including phenoxy) is 1. The van der Waals surface area contributed by atoms with Gasteiger partial charge in [0.15, 0.2) is 0 Å². The molecular weight excluding hydrogens is 487 g/mol. The van der Waals surface area contributed by atoms with Gasteiger partial charge in [0.1, 0.15) is 11.6 Å². The number of fused-ring (bicyclic) bond motifs is 1. The number of nitrogens with one attached hydrogen (secondary N) is 1. The van der Waals surface area contributed by atoms with Crippen molar-refractivity contribution >= 4 is 22.6 Å². The molecule has 0 fully saturated rings. The third kappa shape index (κ3) is 6.26. The van der Waals surface area contributed by atoms with Gasteiger partial charge in [0, 0.05) is 29.6 Å². The fraction of sp³-hybridized carbons (Fsp3) is 0.233. The van der Waals surface area contributed by atoms with E-state index in [0.29, 0.717) is 65.7 Å². The predicted molar refractivity (Wildman–Crippen MR) is 144 cm³/mol. The van der Waals surface area contributed by atoms with Crippen LogP contribution in [-0.4, -0.2) is 35.2 Å². The first-order chi connectivity index (χ1) is 18.4. The number of aliphatic carboxylic acids is 1. The first-order valence-corrected chi connectivity index (χ1v) is 12.4. The Morgan fingerprint density at radius 2 is 1.74 bits per heavy atom. The van der Waals surface area contributed by atoms with Crippen molar-refractivity contribution in [1.82, 2.24) is 9.88 Å². The zero-order valence-electron chi connectivity index (χ0n) is 21.1. The van der Waals surface area contributed by atoms with E-state index in [4.69, 9.17) is 9.84 Å². The molecule has 1 aromatic heterocycles. The molecule has 1 heterocycles. The van der Waals surface area contributed by atoms with Gasteiger partial charge in [0.05, 0.1) is 12.8 Å². The van der Waals surface area contributed by atoms with Gasteiger partial charge < -0.3 is 15.2 Å². The molecule has 196 valence electrons. The van der Waals surface area contributed by atoms with Gasteiger partial charge in [0.25, 0.3) is 11.5 Å². The van der Waals surface area contributed by atoms with Crippen LogP contribution >= 0.6 is 0 Å². The molecule has 0 bridgehead atoms. The fourth-order valence-electron chi connectivity index (χ4n) is 4.43. The Labute approximate surface area is 219 Å². The third-order valence-corrected chi connectivity index (χ3v) is 6.37. The summed E-state index contributed by atoms with van der Waals surface area (Å²) in [5.74, 6) is -0.899. The Bertz CT molecular complexity index is 1510. The largest absolute Gasteiger partial charge is 0.495 e. The predicted octanol–water partition coefficient (Wildman–Crippen LogP) is 4.91. The van der Waals surface area contributed by atoms with E-state index in [2.05, 4.69) is 5.32 Å². The highest BCUT2D eigenvalue weighted by Gasteiger charge is 2.16. The molecule has 0 radical (unpaired) electrons. The molecule has 0 unspecified atom stereocenters. The van der Waals surface area contributed by atoms with Crippen LogP contribution in [-0.2, 0) is 17.6 Å². The van der Waals surface area contributed by atoms with Crippen LogP contribution in [0.3, 0.4) is 0 Å². The fourth-order valence-corrected chi connectivity index (χ4v) is 4.43. The maximum atomic E-state index is 13.7. The zero-order chi connectivity index (χ0) is 27.1. The number of carboxylic acids is 1. The molecule has 4 rings (SSSR count). The van der Waals surface area contributed by atoms with Crippen molar-refractivity contribution in [1.29, 1.82) is 0 Å². The monoisotopic (exact) mass is 516 g/mol. The van der Waals surface area contributed by atoms with Crippen LogP contribution < -0.4 is 15.6 Å². The molecule has 0 aliphatic carbocycles. The van der Waals surface area contributed by atoms with Crippen molar-refractivity contribution in [2.75, 3.05) is 13.7 Å². The van der Waals surface area contributed by atoms with Crippen LogP contribution in [0.1, 0.15) is 40.9 Å². The summed E-state index contributed by atoms with van der Waals surface area (Å²) in [5, 5.41) is 12.9. The summed E-state index contributed by atoms with van der Waals surface area (Å²) in [6.45, 7) is 0.382. The van der Waals surface area contributed by atoms with Gasteiger partial charge in [-0.3, -0.25) is 19.0 Å². The lowest BCUT2D eigenvalue weighted by atomic mass is 10.0. The molecule has 0 saturated carbocycles. The first-order valence-electron chi connectivity index (χ1n) is 12.4. The lowest BCUT2D eigenvalue weighted by Crippen LogP contribution is -2.26.